The Morgan fingerprint density at radius 1 is 1.37 bits per heavy atom. The molecule has 0 radical (unpaired) electrons. The summed E-state index contributed by atoms with van der Waals surface area (Å²) in [4.78, 5) is 15.2. The third-order valence-corrected chi connectivity index (χ3v) is 2.98. The van der Waals surface area contributed by atoms with Gasteiger partial charge in [0.2, 0.25) is 0 Å². The first-order chi connectivity index (χ1) is 9.08. The first-order valence-electron chi connectivity index (χ1n) is 5.78. The number of benzene rings is 1. The Morgan fingerprint density at radius 2 is 2.16 bits per heavy atom. The van der Waals surface area contributed by atoms with Gasteiger partial charge in [0.15, 0.2) is 0 Å². The van der Waals surface area contributed by atoms with Gasteiger partial charge >= 0.3 is 5.97 Å². The molecule has 1 aromatic heterocycles. The summed E-state index contributed by atoms with van der Waals surface area (Å²) in [7, 11) is 0. The number of pyridine rings is 1. The summed E-state index contributed by atoms with van der Waals surface area (Å²) in [6.07, 6.45) is 1.56. The van der Waals surface area contributed by atoms with E-state index in [1.165, 1.54) is 6.07 Å². The van der Waals surface area contributed by atoms with Crippen LogP contribution in [0, 0.1) is 0 Å². The van der Waals surface area contributed by atoms with Crippen LogP contribution >= 0.6 is 11.6 Å². The third-order valence-electron chi connectivity index (χ3n) is 2.74. The Kier molecular flexibility index (Phi) is 4.02. The molecular weight excluding hydrogens is 264 g/mol. The van der Waals surface area contributed by atoms with Gasteiger partial charge in [-0.25, -0.2) is 9.78 Å². The second-order valence-electron chi connectivity index (χ2n) is 4.13. The van der Waals surface area contributed by atoms with E-state index in [4.69, 9.17) is 16.7 Å². The molecule has 5 heteroatoms. The van der Waals surface area contributed by atoms with Gasteiger partial charge in [0.1, 0.15) is 11.4 Å². The fourth-order valence-corrected chi connectivity index (χ4v) is 1.96. The topological polar surface area (TPSA) is 62.2 Å². The van der Waals surface area contributed by atoms with E-state index < -0.39 is 5.97 Å². The maximum Gasteiger partial charge on any atom is 0.339 e. The van der Waals surface area contributed by atoms with Crippen LogP contribution in [0.1, 0.15) is 28.9 Å². The minimum atomic E-state index is -1.01. The molecule has 0 aliphatic carbocycles. The summed E-state index contributed by atoms with van der Waals surface area (Å²) in [6.45, 7) is 1.92. The van der Waals surface area contributed by atoms with Crippen molar-refractivity contribution in [3.05, 3.63) is 58.7 Å². The average Bonchev–Trinajstić information content (AvgIpc) is 2.39. The van der Waals surface area contributed by atoms with Crippen molar-refractivity contribution in [3.63, 3.8) is 0 Å². The lowest BCUT2D eigenvalue weighted by Crippen LogP contribution is -2.12. The molecule has 0 spiro atoms. The molecule has 0 saturated heterocycles. The van der Waals surface area contributed by atoms with Gasteiger partial charge in [-0.3, -0.25) is 0 Å². The molecule has 1 aromatic carbocycles. The van der Waals surface area contributed by atoms with E-state index >= 15 is 0 Å². The molecule has 1 heterocycles. The summed E-state index contributed by atoms with van der Waals surface area (Å²) >= 11 is 5.94. The molecule has 0 aliphatic heterocycles. The van der Waals surface area contributed by atoms with Crippen LogP contribution in [0.25, 0.3) is 0 Å². The number of carboxylic acid groups (broad SMARTS) is 1. The highest BCUT2D eigenvalue weighted by molar-refractivity contribution is 6.30. The third kappa shape index (κ3) is 3.23. The SMILES string of the molecule is CC(Nc1ncccc1C(=O)O)c1cccc(Cl)c1. The van der Waals surface area contributed by atoms with E-state index in [2.05, 4.69) is 10.3 Å². The Bertz CT molecular complexity index is 602. The molecule has 98 valence electrons. The minimum absolute atomic E-state index is 0.0910. The average molecular weight is 277 g/mol. The smallest absolute Gasteiger partial charge is 0.339 e. The molecule has 4 nitrogen and oxygen atoms in total. The molecule has 0 saturated carbocycles. The van der Waals surface area contributed by atoms with E-state index in [0.717, 1.165) is 5.56 Å². The van der Waals surface area contributed by atoms with Gasteiger partial charge in [0, 0.05) is 11.2 Å². The van der Waals surface area contributed by atoms with Gasteiger partial charge in [-0.2, -0.15) is 0 Å². The number of carbonyl (C=O) groups is 1. The predicted molar refractivity (Wildman–Crippen MR) is 74.7 cm³/mol. The van der Waals surface area contributed by atoms with Gasteiger partial charge in [-0.1, -0.05) is 23.7 Å². The lowest BCUT2D eigenvalue weighted by atomic mass is 10.1. The molecule has 2 rings (SSSR count). The second kappa shape index (κ2) is 5.71. The Labute approximate surface area is 116 Å². The van der Waals surface area contributed by atoms with Crippen molar-refractivity contribution >= 4 is 23.4 Å². The van der Waals surface area contributed by atoms with E-state index in [-0.39, 0.29) is 11.6 Å². The van der Waals surface area contributed by atoms with E-state index in [9.17, 15) is 4.79 Å². The van der Waals surface area contributed by atoms with E-state index in [1.807, 2.05) is 25.1 Å². The number of halogens is 1. The van der Waals surface area contributed by atoms with Crippen LogP contribution in [0.5, 0.6) is 0 Å². The van der Waals surface area contributed by atoms with Gasteiger partial charge in [-0.15, -0.1) is 0 Å². The Balaban J connectivity index is 2.24. The summed E-state index contributed by atoms with van der Waals surface area (Å²) in [5.74, 6) is -0.656. The zero-order valence-corrected chi connectivity index (χ0v) is 11.1. The van der Waals surface area contributed by atoms with Crippen LogP contribution in [0.2, 0.25) is 5.02 Å². The normalized spacial score (nSPS) is 11.9. The van der Waals surface area contributed by atoms with Crippen molar-refractivity contribution in [1.82, 2.24) is 4.98 Å². The molecule has 1 unspecified atom stereocenters. The maximum atomic E-state index is 11.1. The molecule has 19 heavy (non-hydrogen) atoms. The quantitative estimate of drug-likeness (QED) is 0.895. The summed E-state index contributed by atoms with van der Waals surface area (Å²) < 4.78 is 0. The van der Waals surface area contributed by atoms with Gasteiger partial charge in [0.05, 0.1) is 6.04 Å². The Hall–Kier alpha value is -2.07. The molecular formula is C14H13ClN2O2. The van der Waals surface area contributed by atoms with E-state index in [1.54, 1.807) is 18.3 Å². The summed E-state index contributed by atoms with van der Waals surface area (Å²) in [6, 6.07) is 10.4. The fraction of sp³-hybridized carbons (Fsp3) is 0.143. The lowest BCUT2D eigenvalue weighted by Gasteiger charge is -2.16. The molecule has 2 N–H and O–H groups in total. The number of hydrogen-bond donors (Lipinski definition) is 2. The van der Waals surface area contributed by atoms with Gasteiger partial charge < -0.3 is 10.4 Å². The number of anilines is 1. The van der Waals surface area contributed by atoms with Gasteiger partial charge in [0.25, 0.3) is 0 Å². The van der Waals surface area contributed by atoms with Crippen molar-refractivity contribution < 1.29 is 9.90 Å². The van der Waals surface area contributed by atoms with Crippen molar-refractivity contribution in [1.29, 1.82) is 0 Å². The molecule has 0 aliphatic rings. The van der Waals surface area contributed by atoms with Crippen molar-refractivity contribution in [2.45, 2.75) is 13.0 Å². The first-order valence-corrected chi connectivity index (χ1v) is 6.16. The summed E-state index contributed by atoms with van der Waals surface area (Å²) in [5.41, 5.74) is 1.12. The standard InChI is InChI=1S/C14H13ClN2O2/c1-9(10-4-2-5-11(15)8-10)17-13-12(14(18)19)6-3-7-16-13/h2-9H,1H3,(H,16,17)(H,18,19). The number of aromatic carboxylic acids is 1. The fourth-order valence-electron chi connectivity index (χ4n) is 1.76. The number of aromatic nitrogens is 1. The molecule has 0 amide bonds. The number of rotatable bonds is 4. The maximum absolute atomic E-state index is 11.1. The zero-order valence-electron chi connectivity index (χ0n) is 10.3. The highest BCUT2D eigenvalue weighted by atomic mass is 35.5. The van der Waals surface area contributed by atoms with Crippen molar-refractivity contribution in [2.24, 2.45) is 0 Å². The van der Waals surface area contributed by atoms with E-state index in [0.29, 0.717) is 10.8 Å². The number of nitrogens with one attached hydrogen (secondary N) is 1. The number of hydrogen-bond acceptors (Lipinski definition) is 3. The van der Waals surface area contributed by atoms with Crippen LogP contribution in [0.4, 0.5) is 5.82 Å². The largest absolute Gasteiger partial charge is 0.478 e. The molecule has 2 aromatic rings. The minimum Gasteiger partial charge on any atom is -0.478 e. The van der Waals surface area contributed by atoms with Crippen molar-refractivity contribution in [2.75, 3.05) is 5.32 Å². The highest BCUT2D eigenvalue weighted by Crippen LogP contribution is 2.22. The zero-order chi connectivity index (χ0) is 13.8. The second-order valence-corrected chi connectivity index (χ2v) is 4.56. The molecule has 0 fully saturated rings. The van der Waals surface area contributed by atoms with Crippen LogP contribution in [-0.4, -0.2) is 16.1 Å². The summed E-state index contributed by atoms with van der Waals surface area (Å²) in [5, 5.41) is 12.8. The molecule has 0 bridgehead atoms. The van der Waals surface area contributed by atoms with Crippen LogP contribution in [0.15, 0.2) is 42.6 Å². The predicted octanol–water partition coefficient (Wildman–Crippen LogP) is 3.61. The van der Waals surface area contributed by atoms with Crippen molar-refractivity contribution in [3.8, 4) is 0 Å². The van der Waals surface area contributed by atoms with Crippen LogP contribution in [-0.2, 0) is 0 Å². The number of carboxylic acids is 1. The lowest BCUT2D eigenvalue weighted by molar-refractivity contribution is 0.0697. The van der Waals surface area contributed by atoms with Gasteiger partial charge in [-0.05, 0) is 36.8 Å². The highest BCUT2D eigenvalue weighted by Gasteiger charge is 2.13. The Morgan fingerprint density at radius 3 is 2.84 bits per heavy atom. The van der Waals surface area contributed by atoms with Crippen LogP contribution in [0.3, 0.4) is 0 Å². The first kappa shape index (κ1) is 13.4. The number of nitrogens with zero attached hydrogens (tertiary/aromatic N) is 1. The van der Waals surface area contributed by atoms with Crippen LogP contribution < -0.4 is 5.32 Å². The monoisotopic (exact) mass is 276 g/mol. The molecule has 1 atom stereocenters.